The van der Waals surface area contributed by atoms with Gasteiger partial charge in [-0.2, -0.15) is 0 Å². The topological polar surface area (TPSA) is 67.4 Å². The Kier molecular flexibility index (Phi) is 4.46. The second-order valence-electron chi connectivity index (χ2n) is 5.62. The predicted octanol–water partition coefficient (Wildman–Crippen LogP) is 2.40. The predicted molar refractivity (Wildman–Crippen MR) is 87.1 cm³/mol. The van der Waals surface area contributed by atoms with Crippen LogP contribution >= 0.6 is 0 Å². The van der Waals surface area contributed by atoms with Gasteiger partial charge in [0.15, 0.2) is 6.10 Å². The molecule has 2 N–H and O–H groups in total. The molecular formula is C18H17FN2O3. The van der Waals surface area contributed by atoms with E-state index in [2.05, 4.69) is 10.6 Å². The molecule has 1 unspecified atom stereocenters. The third-order valence-electron chi connectivity index (χ3n) is 3.77. The number of halogens is 1. The van der Waals surface area contributed by atoms with Gasteiger partial charge in [0, 0.05) is 12.1 Å². The van der Waals surface area contributed by atoms with Gasteiger partial charge < -0.3 is 15.4 Å². The molecule has 0 aromatic heterocycles. The lowest BCUT2D eigenvalue weighted by atomic mass is 10.1. The molecule has 0 aliphatic carbocycles. The van der Waals surface area contributed by atoms with Crippen LogP contribution in [0.4, 0.5) is 10.1 Å². The molecule has 5 nitrogen and oxygen atoms in total. The molecule has 1 aliphatic heterocycles. The fourth-order valence-electron chi connectivity index (χ4n) is 2.45. The second-order valence-corrected chi connectivity index (χ2v) is 5.62. The van der Waals surface area contributed by atoms with Crippen molar-refractivity contribution in [3.63, 3.8) is 0 Å². The summed E-state index contributed by atoms with van der Waals surface area (Å²) >= 11 is 0. The maximum Gasteiger partial charge on any atom is 0.265 e. The molecule has 1 heterocycles. The zero-order valence-corrected chi connectivity index (χ0v) is 13.1. The Morgan fingerprint density at radius 1 is 1.29 bits per heavy atom. The molecule has 1 aliphatic rings. The number of benzene rings is 2. The van der Waals surface area contributed by atoms with E-state index in [0.717, 1.165) is 5.56 Å². The minimum Gasteiger partial charge on any atom is -0.479 e. The quantitative estimate of drug-likeness (QED) is 0.906. The van der Waals surface area contributed by atoms with Crippen LogP contribution in [0.25, 0.3) is 0 Å². The molecule has 0 saturated heterocycles. The summed E-state index contributed by atoms with van der Waals surface area (Å²) in [5, 5.41) is 5.43. The van der Waals surface area contributed by atoms with Crippen molar-refractivity contribution >= 4 is 17.5 Å². The number of amides is 2. The normalized spacial score (nSPS) is 15.9. The fraction of sp³-hybridized carbons (Fsp3) is 0.222. The number of hydrogen-bond donors (Lipinski definition) is 2. The van der Waals surface area contributed by atoms with Crippen LogP contribution in [0.1, 0.15) is 18.1 Å². The van der Waals surface area contributed by atoms with Gasteiger partial charge in [-0.1, -0.05) is 24.3 Å². The molecule has 24 heavy (non-hydrogen) atoms. The van der Waals surface area contributed by atoms with Crippen molar-refractivity contribution in [2.45, 2.75) is 26.0 Å². The molecule has 0 spiro atoms. The maximum atomic E-state index is 13.5. The average molecular weight is 328 g/mol. The zero-order chi connectivity index (χ0) is 17.1. The number of carbonyl (C=O) groups is 2. The van der Waals surface area contributed by atoms with Crippen LogP contribution < -0.4 is 15.4 Å². The van der Waals surface area contributed by atoms with Crippen LogP contribution in [0.3, 0.4) is 0 Å². The van der Waals surface area contributed by atoms with E-state index in [0.29, 0.717) is 17.0 Å². The minimum atomic E-state index is -0.535. The van der Waals surface area contributed by atoms with Crippen molar-refractivity contribution in [3.05, 3.63) is 59.4 Å². The van der Waals surface area contributed by atoms with Crippen molar-refractivity contribution < 1.29 is 18.7 Å². The van der Waals surface area contributed by atoms with E-state index in [1.807, 2.05) is 0 Å². The molecule has 2 aromatic rings. The van der Waals surface area contributed by atoms with Crippen LogP contribution in [0.5, 0.6) is 5.75 Å². The highest BCUT2D eigenvalue weighted by Crippen LogP contribution is 2.30. The molecule has 0 fully saturated rings. The van der Waals surface area contributed by atoms with Crippen LogP contribution in [0.2, 0.25) is 0 Å². The largest absolute Gasteiger partial charge is 0.479 e. The van der Waals surface area contributed by atoms with E-state index in [1.165, 1.54) is 6.07 Å². The van der Waals surface area contributed by atoms with Crippen molar-refractivity contribution in [1.82, 2.24) is 5.32 Å². The van der Waals surface area contributed by atoms with Gasteiger partial charge in [0.05, 0.1) is 12.1 Å². The van der Waals surface area contributed by atoms with Crippen molar-refractivity contribution in [2.75, 3.05) is 5.32 Å². The highest BCUT2D eigenvalue weighted by molar-refractivity contribution is 5.97. The van der Waals surface area contributed by atoms with Gasteiger partial charge in [0.2, 0.25) is 5.91 Å². The van der Waals surface area contributed by atoms with E-state index in [9.17, 15) is 14.0 Å². The first-order valence-electron chi connectivity index (χ1n) is 7.63. The minimum absolute atomic E-state index is 0.132. The molecule has 124 valence electrons. The van der Waals surface area contributed by atoms with E-state index < -0.39 is 6.10 Å². The van der Waals surface area contributed by atoms with Gasteiger partial charge in [-0.05, 0) is 30.7 Å². The van der Waals surface area contributed by atoms with Crippen molar-refractivity contribution in [3.8, 4) is 5.75 Å². The highest BCUT2D eigenvalue weighted by Gasteiger charge is 2.23. The Hall–Kier alpha value is -2.89. The van der Waals surface area contributed by atoms with Gasteiger partial charge in [-0.15, -0.1) is 0 Å². The Morgan fingerprint density at radius 2 is 2.08 bits per heavy atom. The van der Waals surface area contributed by atoms with E-state index >= 15 is 0 Å². The Balaban J connectivity index is 1.62. The summed E-state index contributed by atoms with van der Waals surface area (Å²) < 4.78 is 19.0. The van der Waals surface area contributed by atoms with Crippen molar-refractivity contribution in [2.24, 2.45) is 0 Å². The van der Waals surface area contributed by atoms with Gasteiger partial charge in [-0.3, -0.25) is 9.59 Å². The summed E-state index contributed by atoms with van der Waals surface area (Å²) in [7, 11) is 0. The maximum absolute atomic E-state index is 13.5. The summed E-state index contributed by atoms with van der Waals surface area (Å²) in [6, 6.07) is 11.5. The van der Waals surface area contributed by atoms with Crippen molar-refractivity contribution in [1.29, 1.82) is 0 Å². The number of ether oxygens (including phenoxy) is 1. The SMILES string of the molecule is CC1Oc2ccc(CC(=O)NCc3ccccc3F)cc2NC1=O. The third-order valence-corrected chi connectivity index (χ3v) is 3.77. The number of anilines is 1. The standard InChI is InChI=1S/C18H17FN2O3/c1-11-18(23)21-15-8-12(6-7-16(15)24-11)9-17(22)20-10-13-4-2-3-5-14(13)19/h2-8,11H,9-10H2,1H3,(H,20,22)(H,21,23). The summed E-state index contributed by atoms with van der Waals surface area (Å²) in [4.78, 5) is 23.7. The van der Waals surface area contributed by atoms with Gasteiger partial charge in [0.25, 0.3) is 5.91 Å². The Morgan fingerprint density at radius 3 is 2.88 bits per heavy atom. The fourth-order valence-corrected chi connectivity index (χ4v) is 2.45. The molecule has 0 bridgehead atoms. The smallest absolute Gasteiger partial charge is 0.265 e. The lowest BCUT2D eigenvalue weighted by Gasteiger charge is -2.23. The number of fused-ring (bicyclic) bond motifs is 1. The molecule has 2 aromatic carbocycles. The van der Waals surface area contributed by atoms with Crippen LogP contribution in [-0.4, -0.2) is 17.9 Å². The molecule has 0 radical (unpaired) electrons. The van der Waals surface area contributed by atoms with Gasteiger partial charge >= 0.3 is 0 Å². The van der Waals surface area contributed by atoms with Gasteiger partial charge in [-0.25, -0.2) is 4.39 Å². The Bertz CT molecular complexity index is 792. The average Bonchev–Trinajstić information content (AvgIpc) is 2.55. The van der Waals surface area contributed by atoms with Crippen LogP contribution in [0.15, 0.2) is 42.5 Å². The first-order valence-corrected chi connectivity index (χ1v) is 7.63. The Labute approximate surface area is 138 Å². The molecule has 2 amide bonds. The summed E-state index contributed by atoms with van der Waals surface area (Å²) in [6.07, 6.45) is -0.403. The lowest BCUT2D eigenvalue weighted by molar-refractivity contribution is -0.122. The molecular weight excluding hydrogens is 311 g/mol. The summed E-state index contributed by atoms with van der Waals surface area (Å²) in [5.74, 6) is -0.212. The second kappa shape index (κ2) is 6.70. The van der Waals surface area contributed by atoms with Crippen LogP contribution in [0, 0.1) is 5.82 Å². The molecule has 1 atom stereocenters. The number of carbonyl (C=O) groups excluding carboxylic acids is 2. The lowest BCUT2D eigenvalue weighted by Crippen LogP contribution is -2.34. The molecule has 6 heteroatoms. The van der Waals surface area contributed by atoms with E-state index in [1.54, 1.807) is 43.3 Å². The monoisotopic (exact) mass is 328 g/mol. The molecule has 0 saturated carbocycles. The van der Waals surface area contributed by atoms with E-state index in [4.69, 9.17) is 4.74 Å². The first-order chi connectivity index (χ1) is 11.5. The van der Waals surface area contributed by atoms with Crippen LogP contribution in [-0.2, 0) is 22.6 Å². The first kappa shape index (κ1) is 16.0. The van der Waals surface area contributed by atoms with Gasteiger partial charge in [0.1, 0.15) is 11.6 Å². The van der Waals surface area contributed by atoms with E-state index in [-0.39, 0.29) is 30.6 Å². The zero-order valence-electron chi connectivity index (χ0n) is 13.1. The molecule has 3 rings (SSSR count). The summed E-state index contributed by atoms with van der Waals surface area (Å²) in [6.45, 7) is 1.80. The third kappa shape index (κ3) is 3.53. The number of rotatable bonds is 4. The summed E-state index contributed by atoms with van der Waals surface area (Å²) in [5.41, 5.74) is 1.72. The number of hydrogen-bond acceptors (Lipinski definition) is 3. The number of nitrogens with one attached hydrogen (secondary N) is 2. The highest BCUT2D eigenvalue weighted by atomic mass is 19.1.